The van der Waals surface area contributed by atoms with Gasteiger partial charge in [-0.25, -0.2) is 18.4 Å². The zero-order valence-corrected chi connectivity index (χ0v) is 17.5. The summed E-state index contributed by atoms with van der Waals surface area (Å²) in [7, 11) is 0. The van der Waals surface area contributed by atoms with E-state index in [1.165, 1.54) is 18.7 Å². The molecule has 1 fully saturated rings. The highest BCUT2D eigenvalue weighted by Crippen LogP contribution is 2.49. The lowest BCUT2D eigenvalue weighted by Gasteiger charge is -2.44. The van der Waals surface area contributed by atoms with Crippen LogP contribution in [0.25, 0.3) is 0 Å². The van der Waals surface area contributed by atoms with Crippen molar-refractivity contribution in [2.24, 2.45) is 0 Å². The van der Waals surface area contributed by atoms with Crippen LogP contribution in [0.15, 0.2) is 30.9 Å². The van der Waals surface area contributed by atoms with Gasteiger partial charge < -0.3 is 10.4 Å². The van der Waals surface area contributed by atoms with Crippen LogP contribution in [0.3, 0.4) is 0 Å². The first kappa shape index (κ1) is 24.1. The molecule has 2 N–H and O–H groups in total. The topological polar surface area (TPSA) is 63.0 Å². The molecule has 0 aliphatic carbocycles. The van der Waals surface area contributed by atoms with Crippen LogP contribution in [0.1, 0.15) is 32.3 Å². The van der Waals surface area contributed by atoms with Crippen molar-refractivity contribution in [1.82, 2.24) is 20.1 Å². The minimum absolute atomic E-state index is 0. The Balaban J connectivity index is 0.00000182. The zero-order chi connectivity index (χ0) is 18.1. The van der Waals surface area contributed by atoms with Gasteiger partial charge in [0.2, 0.25) is 0 Å². The Morgan fingerprint density at radius 2 is 1.89 bits per heavy atom. The first-order valence-corrected chi connectivity index (χ1v) is 9.14. The lowest BCUT2D eigenvalue weighted by Crippen LogP contribution is -2.49. The first-order valence-electron chi connectivity index (χ1n) is 8.26. The Bertz CT molecular complexity index is 730. The summed E-state index contributed by atoms with van der Waals surface area (Å²) in [5.74, 6) is -1.45. The van der Waals surface area contributed by atoms with E-state index in [1.807, 2.05) is 6.92 Å². The minimum atomic E-state index is -1.63. The molecule has 0 bridgehead atoms. The van der Waals surface area contributed by atoms with Gasteiger partial charge in [-0.15, -0.1) is 36.6 Å². The second-order valence-corrected chi connectivity index (χ2v) is 8.28. The van der Waals surface area contributed by atoms with Crippen LogP contribution in [0, 0.1) is 11.6 Å². The van der Waals surface area contributed by atoms with Gasteiger partial charge in [0.05, 0.1) is 0 Å². The van der Waals surface area contributed by atoms with Crippen LogP contribution in [-0.4, -0.2) is 38.2 Å². The molecule has 2 aromatic rings. The largest absolute Gasteiger partial charge is 0.382 e. The lowest BCUT2D eigenvalue weighted by atomic mass is 9.88. The summed E-state index contributed by atoms with van der Waals surface area (Å²) in [5.41, 5.74) is -1.60. The normalized spacial score (nSPS) is 19.3. The molecule has 1 aromatic heterocycles. The fraction of sp³-hybridized carbons (Fsp3) is 0.529. The minimum Gasteiger partial charge on any atom is -0.382 e. The molecular formula is C17H24Cl2F2N4OS. The number of aromatic nitrogens is 3. The van der Waals surface area contributed by atoms with Gasteiger partial charge in [0.25, 0.3) is 0 Å². The Morgan fingerprint density at radius 1 is 1.22 bits per heavy atom. The van der Waals surface area contributed by atoms with Crippen LogP contribution in [0.4, 0.5) is 8.78 Å². The van der Waals surface area contributed by atoms with Crippen LogP contribution >= 0.6 is 36.6 Å². The van der Waals surface area contributed by atoms with E-state index < -0.39 is 22.1 Å². The lowest BCUT2D eigenvalue weighted by molar-refractivity contribution is -0.0190. The average Bonchev–Trinajstić information content (AvgIpc) is 3.10. The predicted molar refractivity (Wildman–Crippen MR) is 108 cm³/mol. The Hall–Kier alpha value is -0.930. The maximum absolute atomic E-state index is 14.4. The highest BCUT2D eigenvalue weighted by Gasteiger charge is 2.50. The van der Waals surface area contributed by atoms with Crippen molar-refractivity contribution < 1.29 is 13.9 Å². The third kappa shape index (κ3) is 4.74. The Kier molecular flexibility index (Phi) is 8.50. The van der Waals surface area contributed by atoms with Crippen molar-refractivity contribution >= 4 is 36.6 Å². The highest BCUT2D eigenvalue weighted by molar-refractivity contribution is 8.00. The van der Waals surface area contributed by atoms with Crippen LogP contribution < -0.4 is 5.32 Å². The number of hydrogen-bond acceptors (Lipinski definition) is 5. The van der Waals surface area contributed by atoms with Gasteiger partial charge in [-0.05, 0) is 45.8 Å². The molecule has 2 atom stereocenters. The number of nitrogens with zero attached hydrogens (tertiary/aromatic N) is 3. The Morgan fingerprint density at radius 3 is 2.44 bits per heavy atom. The molecule has 1 aliphatic heterocycles. The summed E-state index contributed by atoms with van der Waals surface area (Å²) >= 11 is 1.55. The molecule has 5 nitrogen and oxygen atoms in total. The smallest absolute Gasteiger partial charge is 0.140 e. The number of halogens is 4. The molecule has 0 spiro atoms. The summed E-state index contributed by atoms with van der Waals surface area (Å²) < 4.78 is 29.3. The van der Waals surface area contributed by atoms with Gasteiger partial charge in [-0.2, -0.15) is 5.10 Å². The molecule has 152 valence electrons. The van der Waals surface area contributed by atoms with Crippen molar-refractivity contribution in [1.29, 1.82) is 0 Å². The molecule has 1 saturated heterocycles. The van der Waals surface area contributed by atoms with Gasteiger partial charge in [0.1, 0.15) is 34.8 Å². The van der Waals surface area contributed by atoms with Gasteiger partial charge in [-0.3, -0.25) is 0 Å². The van der Waals surface area contributed by atoms with Crippen molar-refractivity contribution in [2.45, 2.75) is 42.4 Å². The number of nitrogens with one attached hydrogen (secondary N) is 1. The summed E-state index contributed by atoms with van der Waals surface area (Å²) in [4.78, 5) is 2.98. The highest BCUT2D eigenvalue weighted by atomic mass is 35.5. The second-order valence-electron chi connectivity index (χ2n) is 6.59. The van der Waals surface area contributed by atoms with Crippen molar-refractivity contribution in [3.8, 4) is 0 Å². The van der Waals surface area contributed by atoms with Gasteiger partial charge in [-0.1, -0.05) is 6.07 Å². The van der Waals surface area contributed by atoms with Crippen molar-refractivity contribution in [3.63, 3.8) is 0 Å². The number of rotatable bonds is 5. The number of thioether (sulfide) groups is 1. The SMILES string of the molecule is C[C@](SC1CCNCC1)(n1cncn1)[C@](C)(O)c1ccc(F)cc1F.Cl.Cl. The summed E-state index contributed by atoms with van der Waals surface area (Å²) in [6, 6.07) is 3.24. The molecule has 1 aromatic carbocycles. The van der Waals surface area contributed by atoms with Gasteiger partial charge in [0, 0.05) is 16.9 Å². The first-order chi connectivity index (χ1) is 11.8. The van der Waals surface area contributed by atoms with Crippen molar-refractivity contribution in [3.05, 3.63) is 48.1 Å². The van der Waals surface area contributed by atoms with Crippen LogP contribution in [0.2, 0.25) is 0 Å². The van der Waals surface area contributed by atoms with E-state index in [2.05, 4.69) is 15.4 Å². The monoisotopic (exact) mass is 440 g/mol. The maximum Gasteiger partial charge on any atom is 0.140 e. The van der Waals surface area contributed by atoms with Crippen molar-refractivity contribution in [2.75, 3.05) is 13.1 Å². The molecule has 0 radical (unpaired) electrons. The van der Waals surface area contributed by atoms with E-state index in [4.69, 9.17) is 0 Å². The molecule has 3 rings (SSSR count). The second kappa shape index (κ2) is 9.52. The number of piperidine rings is 1. The molecule has 27 heavy (non-hydrogen) atoms. The standard InChI is InChI=1S/C17H22F2N4OS.2ClH/c1-16(24,14-4-3-12(18)9-15(14)19)17(2,23-11-21-10-22-23)25-13-5-7-20-8-6-13;;/h3-4,9-11,13,20,24H,5-8H2,1-2H3;2*1H/t16-,17-;;/m1../s1. The van der Waals surface area contributed by atoms with Gasteiger partial charge >= 0.3 is 0 Å². The molecule has 1 aliphatic rings. The third-order valence-corrected chi connectivity index (χ3v) is 6.75. The Labute approximate surface area is 174 Å². The van der Waals surface area contributed by atoms with Crippen LogP contribution in [-0.2, 0) is 10.5 Å². The van der Waals surface area contributed by atoms with Crippen LogP contribution in [0.5, 0.6) is 0 Å². The van der Waals surface area contributed by atoms with E-state index >= 15 is 0 Å². The predicted octanol–water partition coefficient (Wildman–Crippen LogP) is 3.47. The third-order valence-electron chi connectivity index (χ3n) is 4.90. The fourth-order valence-electron chi connectivity index (χ4n) is 3.19. The number of aliphatic hydroxyl groups is 1. The molecule has 2 heterocycles. The number of hydrogen-bond donors (Lipinski definition) is 2. The van der Waals surface area contributed by atoms with E-state index in [0.717, 1.165) is 38.1 Å². The maximum atomic E-state index is 14.4. The molecule has 0 saturated carbocycles. The quantitative estimate of drug-likeness (QED) is 0.744. The average molecular weight is 441 g/mol. The fourth-order valence-corrected chi connectivity index (χ4v) is 4.85. The molecule has 0 amide bonds. The van der Waals surface area contributed by atoms with Gasteiger partial charge in [0.15, 0.2) is 0 Å². The molecule has 0 unspecified atom stereocenters. The van der Waals surface area contributed by atoms with E-state index in [9.17, 15) is 13.9 Å². The van der Waals surface area contributed by atoms with E-state index in [1.54, 1.807) is 23.4 Å². The molecular weight excluding hydrogens is 417 g/mol. The summed E-state index contributed by atoms with van der Waals surface area (Å²) in [5, 5.41) is 19.2. The summed E-state index contributed by atoms with van der Waals surface area (Å²) in [6.07, 6.45) is 4.79. The van der Waals surface area contributed by atoms with E-state index in [0.29, 0.717) is 0 Å². The zero-order valence-electron chi connectivity index (χ0n) is 15.1. The molecule has 10 heteroatoms. The summed E-state index contributed by atoms with van der Waals surface area (Å²) in [6.45, 7) is 5.16. The van der Waals surface area contributed by atoms with E-state index in [-0.39, 0.29) is 35.6 Å². The number of benzene rings is 1.